The lowest BCUT2D eigenvalue weighted by Gasteiger charge is -2.08. The number of sulfonamides is 1. The summed E-state index contributed by atoms with van der Waals surface area (Å²) >= 11 is 0. The number of aromatic nitrogens is 1. The molecule has 0 bridgehead atoms. The number of nitrogens with one attached hydrogen (secondary N) is 1. The third-order valence-electron chi connectivity index (χ3n) is 1.89. The first-order valence-electron chi connectivity index (χ1n) is 4.53. The van der Waals surface area contributed by atoms with Crippen LogP contribution in [0.5, 0.6) is 0 Å². The second-order valence-corrected chi connectivity index (χ2v) is 5.10. The van der Waals surface area contributed by atoms with E-state index in [2.05, 4.69) is 9.71 Å². The van der Waals surface area contributed by atoms with Gasteiger partial charge in [-0.1, -0.05) is 0 Å². The molecule has 0 saturated carbocycles. The highest BCUT2D eigenvalue weighted by molar-refractivity contribution is 7.92. The Morgan fingerprint density at radius 3 is 2.81 bits per heavy atom. The van der Waals surface area contributed by atoms with Gasteiger partial charge in [-0.3, -0.25) is 14.5 Å². The second-order valence-electron chi connectivity index (χ2n) is 3.26. The van der Waals surface area contributed by atoms with Gasteiger partial charge in [-0.05, 0) is 18.6 Å². The van der Waals surface area contributed by atoms with Crippen LogP contribution in [0, 0.1) is 6.92 Å². The van der Waals surface area contributed by atoms with E-state index in [4.69, 9.17) is 5.11 Å². The minimum Gasteiger partial charge on any atom is -0.481 e. The van der Waals surface area contributed by atoms with Crippen LogP contribution in [0.25, 0.3) is 0 Å². The maximum atomic E-state index is 11.5. The first-order valence-corrected chi connectivity index (χ1v) is 6.19. The highest BCUT2D eigenvalue weighted by Crippen LogP contribution is 2.13. The van der Waals surface area contributed by atoms with E-state index < -0.39 is 28.2 Å². The molecular formula is C9H12N2O4S. The molecule has 0 unspecified atom stereocenters. The quantitative estimate of drug-likeness (QED) is 0.790. The summed E-state index contributed by atoms with van der Waals surface area (Å²) in [4.78, 5) is 14.0. The Morgan fingerprint density at radius 2 is 2.25 bits per heavy atom. The Balaban J connectivity index is 2.73. The number of rotatable bonds is 5. The molecule has 0 aliphatic rings. The van der Waals surface area contributed by atoms with Crippen LogP contribution in [0.15, 0.2) is 18.5 Å². The predicted octanol–water partition coefficient (Wildman–Crippen LogP) is 0.606. The molecule has 6 nitrogen and oxygen atoms in total. The Bertz CT molecular complexity index is 484. The van der Waals surface area contributed by atoms with E-state index in [1.807, 2.05) is 0 Å². The summed E-state index contributed by atoms with van der Waals surface area (Å²) in [5, 5.41) is 8.39. The van der Waals surface area contributed by atoms with Crippen molar-refractivity contribution in [1.29, 1.82) is 0 Å². The van der Waals surface area contributed by atoms with Gasteiger partial charge >= 0.3 is 5.97 Å². The zero-order chi connectivity index (χ0) is 12.2. The van der Waals surface area contributed by atoms with Crippen molar-refractivity contribution in [1.82, 2.24) is 4.98 Å². The van der Waals surface area contributed by atoms with Crippen LogP contribution >= 0.6 is 0 Å². The number of aryl methyl sites for hydroxylation is 1. The van der Waals surface area contributed by atoms with Crippen molar-refractivity contribution in [3.05, 3.63) is 24.0 Å². The van der Waals surface area contributed by atoms with Gasteiger partial charge in [0, 0.05) is 6.20 Å². The highest BCUT2D eigenvalue weighted by atomic mass is 32.2. The van der Waals surface area contributed by atoms with Crippen molar-refractivity contribution in [3.8, 4) is 0 Å². The monoisotopic (exact) mass is 244 g/mol. The Labute approximate surface area is 93.4 Å². The van der Waals surface area contributed by atoms with Crippen molar-refractivity contribution in [2.75, 3.05) is 10.5 Å². The van der Waals surface area contributed by atoms with E-state index in [-0.39, 0.29) is 0 Å². The molecule has 88 valence electrons. The molecule has 0 aromatic carbocycles. The molecule has 0 aliphatic heterocycles. The lowest BCUT2D eigenvalue weighted by molar-refractivity contribution is -0.136. The van der Waals surface area contributed by atoms with Crippen LogP contribution in [0.4, 0.5) is 5.69 Å². The molecule has 0 radical (unpaired) electrons. The third-order valence-corrected chi connectivity index (χ3v) is 3.16. The smallest absolute Gasteiger partial charge is 0.304 e. The molecule has 1 rings (SSSR count). The molecule has 0 fully saturated rings. The maximum absolute atomic E-state index is 11.5. The highest BCUT2D eigenvalue weighted by Gasteiger charge is 2.13. The molecule has 0 spiro atoms. The Morgan fingerprint density at radius 1 is 1.56 bits per heavy atom. The van der Waals surface area contributed by atoms with Gasteiger partial charge in [0.05, 0.1) is 24.1 Å². The summed E-state index contributed by atoms with van der Waals surface area (Å²) in [5.41, 5.74) is 1.10. The van der Waals surface area contributed by atoms with Crippen molar-refractivity contribution in [3.63, 3.8) is 0 Å². The SMILES string of the molecule is Cc1ccncc1NS(=O)(=O)CCC(=O)O. The molecular weight excluding hydrogens is 232 g/mol. The first-order chi connectivity index (χ1) is 7.41. The minimum absolute atomic E-state index is 0.368. The largest absolute Gasteiger partial charge is 0.481 e. The van der Waals surface area contributed by atoms with Gasteiger partial charge in [0.2, 0.25) is 10.0 Å². The van der Waals surface area contributed by atoms with Crippen LogP contribution < -0.4 is 4.72 Å². The molecule has 1 heterocycles. The molecule has 1 aromatic rings. The molecule has 0 saturated heterocycles. The number of aliphatic carboxylic acids is 1. The predicted molar refractivity (Wildman–Crippen MR) is 58.6 cm³/mol. The fourth-order valence-corrected chi connectivity index (χ4v) is 2.11. The number of carboxylic acid groups (broad SMARTS) is 1. The fourth-order valence-electron chi connectivity index (χ4n) is 1.01. The number of hydrogen-bond donors (Lipinski definition) is 2. The van der Waals surface area contributed by atoms with Crippen LogP contribution in [-0.2, 0) is 14.8 Å². The summed E-state index contributed by atoms with van der Waals surface area (Å²) in [6.45, 7) is 1.73. The van der Waals surface area contributed by atoms with Gasteiger partial charge in [0.15, 0.2) is 0 Å². The molecule has 0 amide bonds. The van der Waals surface area contributed by atoms with Crippen molar-refractivity contribution >= 4 is 21.7 Å². The fraction of sp³-hybridized carbons (Fsp3) is 0.333. The molecule has 1 aromatic heterocycles. The summed E-state index contributed by atoms with van der Waals surface area (Å²) in [5.74, 6) is -1.59. The van der Waals surface area contributed by atoms with E-state index in [1.165, 1.54) is 6.20 Å². The van der Waals surface area contributed by atoms with Gasteiger partial charge in [-0.15, -0.1) is 0 Å². The lowest BCUT2D eigenvalue weighted by Crippen LogP contribution is -2.19. The average molecular weight is 244 g/mol. The van der Waals surface area contributed by atoms with Crippen molar-refractivity contribution < 1.29 is 18.3 Å². The van der Waals surface area contributed by atoms with Crippen LogP contribution in [0.2, 0.25) is 0 Å². The van der Waals surface area contributed by atoms with E-state index in [1.54, 1.807) is 19.2 Å². The van der Waals surface area contributed by atoms with E-state index >= 15 is 0 Å². The van der Waals surface area contributed by atoms with E-state index in [9.17, 15) is 13.2 Å². The van der Waals surface area contributed by atoms with Crippen molar-refractivity contribution in [2.45, 2.75) is 13.3 Å². The average Bonchev–Trinajstić information content (AvgIpc) is 2.19. The first kappa shape index (κ1) is 12.4. The summed E-state index contributed by atoms with van der Waals surface area (Å²) in [6.07, 6.45) is 2.51. The summed E-state index contributed by atoms with van der Waals surface area (Å²) in [6, 6.07) is 1.66. The molecule has 0 aliphatic carbocycles. The zero-order valence-electron chi connectivity index (χ0n) is 8.67. The number of hydrogen-bond acceptors (Lipinski definition) is 4. The van der Waals surface area contributed by atoms with E-state index in [0.717, 1.165) is 5.56 Å². The standard InChI is InChI=1S/C9H12N2O4S/c1-7-2-4-10-6-8(7)11-16(14,15)5-3-9(12)13/h2,4,6,11H,3,5H2,1H3,(H,12,13). The normalized spacial score (nSPS) is 11.1. The Kier molecular flexibility index (Phi) is 3.83. The number of pyridine rings is 1. The van der Waals surface area contributed by atoms with Crippen LogP contribution in [0.3, 0.4) is 0 Å². The Hall–Kier alpha value is -1.63. The zero-order valence-corrected chi connectivity index (χ0v) is 9.49. The summed E-state index contributed by atoms with van der Waals surface area (Å²) < 4.78 is 25.2. The molecule has 16 heavy (non-hydrogen) atoms. The number of nitrogens with zero attached hydrogens (tertiary/aromatic N) is 1. The van der Waals surface area contributed by atoms with Crippen LogP contribution in [-0.4, -0.2) is 30.2 Å². The molecule has 0 atom stereocenters. The van der Waals surface area contributed by atoms with Gasteiger partial charge in [-0.25, -0.2) is 8.42 Å². The minimum atomic E-state index is -3.62. The lowest BCUT2D eigenvalue weighted by atomic mass is 10.3. The second kappa shape index (κ2) is 4.93. The summed E-state index contributed by atoms with van der Waals surface area (Å²) in [7, 11) is -3.62. The number of carboxylic acids is 1. The van der Waals surface area contributed by atoms with Gasteiger partial charge in [0.25, 0.3) is 0 Å². The van der Waals surface area contributed by atoms with Gasteiger partial charge in [0.1, 0.15) is 0 Å². The number of carbonyl (C=O) groups is 1. The maximum Gasteiger partial charge on any atom is 0.304 e. The molecule has 7 heteroatoms. The van der Waals surface area contributed by atoms with Crippen LogP contribution in [0.1, 0.15) is 12.0 Å². The van der Waals surface area contributed by atoms with Gasteiger partial charge < -0.3 is 5.11 Å². The van der Waals surface area contributed by atoms with Gasteiger partial charge in [-0.2, -0.15) is 0 Å². The number of anilines is 1. The van der Waals surface area contributed by atoms with E-state index in [0.29, 0.717) is 5.69 Å². The topological polar surface area (TPSA) is 96.4 Å². The molecule has 2 N–H and O–H groups in total. The van der Waals surface area contributed by atoms with Crippen molar-refractivity contribution in [2.24, 2.45) is 0 Å². The third kappa shape index (κ3) is 3.85.